The second-order valence-corrected chi connectivity index (χ2v) is 5.02. The first-order chi connectivity index (χ1) is 9.79. The molecule has 0 N–H and O–H groups in total. The van der Waals surface area contributed by atoms with Gasteiger partial charge in [0.25, 0.3) is 0 Å². The number of carbonyl (C=O) groups is 1. The van der Waals surface area contributed by atoms with E-state index in [9.17, 15) is 4.79 Å². The Bertz CT molecular complexity index is 655. The zero-order valence-corrected chi connectivity index (χ0v) is 11.5. The molecule has 1 unspecified atom stereocenters. The highest BCUT2D eigenvalue weighted by Crippen LogP contribution is 2.28. The third-order valence-electron chi connectivity index (χ3n) is 3.31. The van der Waals surface area contributed by atoms with E-state index >= 15 is 0 Å². The summed E-state index contributed by atoms with van der Waals surface area (Å²) in [4.78, 5) is 11.3. The summed E-state index contributed by atoms with van der Waals surface area (Å²) in [7, 11) is 0. The minimum atomic E-state index is -0.274. The molecule has 0 saturated carbocycles. The summed E-state index contributed by atoms with van der Waals surface area (Å²) in [6, 6.07) is 17.0. The van der Waals surface area contributed by atoms with Crippen LogP contribution in [-0.2, 0) is 4.79 Å². The average molecular weight is 285 g/mol. The van der Waals surface area contributed by atoms with Gasteiger partial charge in [-0.25, -0.2) is 0 Å². The monoisotopic (exact) mass is 284 g/mol. The summed E-state index contributed by atoms with van der Waals surface area (Å²) in [5.74, 6) is 0. The van der Waals surface area contributed by atoms with Gasteiger partial charge in [0.1, 0.15) is 12.3 Å². The lowest BCUT2D eigenvalue weighted by Gasteiger charge is -2.18. The molecule has 1 atom stereocenters. The normalized spacial score (nSPS) is 17.9. The summed E-state index contributed by atoms with van der Waals surface area (Å²) in [5, 5.41) is 6.99. The molecule has 1 heterocycles. The number of aldehydes is 1. The topological polar surface area (TPSA) is 32.7 Å². The van der Waals surface area contributed by atoms with Gasteiger partial charge in [-0.1, -0.05) is 48.0 Å². The molecule has 0 fully saturated rings. The highest BCUT2D eigenvalue weighted by molar-refractivity contribution is 6.34. The van der Waals surface area contributed by atoms with Gasteiger partial charge >= 0.3 is 0 Å². The lowest BCUT2D eigenvalue weighted by molar-refractivity contribution is -0.108. The molecule has 0 saturated heterocycles. The highest BCUT2D eigenvalue weighted by atomic mass is 35.5. The third-order valence-corrected chi connectivity index (χ3v) is 3.64. The van der Waals surface area contributed by atoms with Crippen LogP contribution >= 0.6 is 11.6 Å². The molecule has 0 radical (unpaired) electrons. The van der Waals surface area contributed by atoms with Crippen molar-refractivity contribution >= 4 is 29.3 Å². The smallest absolute Gasteiger partial charge is 0.144 e. The van der Waals surface area contributed by atoms with E-state index < -0.39 is 0 Å². The molecule has 0 amide bonds. The van der Waals surface area contributed by atoms with Crippen LogP contribution in [0.3, 0.4) is 0 Å². The number of anilines is 1. The van der Waals surface area contributed by atoms with Crippen molar-refractivity contribution in [3.05, 3.63) is 65.2 Å². The summed E-state index contributed by atoms with van der Waals surface area (Å²) in [6.07, 6.45) is 1.50. The number of hydrogen-bond acceptors (Lipinski definition) is 3. The van der Waals surface area contributed by atoms with Crippen LogP contribution in [0.1, 0.15) is 12.0 Å². The molecule has 100 valence electrons. The summed E-state index contributed by atoms with van der Waals surface area (Å²) >= 11 is 6.20. The van der Waals surface area contributed by atoms with Crippen molar-refractivity contribution in [2.45, 2.75) is 12.5 Å². The number of carbonyl (C=O) groups excluding carboxylic acids is 1. The number of hydrazone groups is 1. The van der Waals surface area contributed by atoms with Gasteiger partial charge in [-0.2, -0.15) is 5.10 Å². The fourth-order valence-corrected chi connectivity index (χ4v) is 2.57. The van der Waals surface area contributed by atoms with Gasteiger partial charge in [0, 0.05) is 17.0 Å². The maximum absolute atomic E-state index is 11.3. The third kappa shape index (κ3) is 2.32. The van der Waals surface area contributed by atoms with Crippen molar-refractivity contribution in [1.82, 2.24) is 0 Å². The lowest BCUT2D eigenvalue weighted by Crippen LogP contribution is -2.27. The van der Waals surface area contributed by atoms with Gasteiger partial charge in [0.2, 0.25) is 0 Å². The molecule has 3 nitrogen and oxygen atoms in total. The van der Waals surface area contributed by atoms with Crippen LogP contribution in [0.15, 0.2) is 59.7 Å². The second-order valence-electron chi connectivity index (χ2n) is 4.61. The standard InChI is InChI=1S/C16H13ClN2O/c17-15-9-5-4-8-14(15)16-10-13(11-20)19(18-16)12-6-2-1-3-7-12/h1-9,11,13H,10H2. The maximum Gasteiger partial charge on any atom is 0.144 e. The Kier molecular flexibility index (Phi) is 3.52. The Labute approximate surface area is 122 Å². The molecule has 20 heavy (non-hydrogen) atoms. The molecular formula is C16H13ClN2O. The molecule has 0 bridgehead atoms. The number of nitrogens with zero attached hydrogens (tertiary/aromatic N) is 2. The molecule has 2 aromatic carbocycles. The molecule has 3 rings (SSSR count). The van der Waals surface area contributed by atoms with Crippen LogP contribution in [0.4, 0.5) is 5.69 Å². The zero-order chi connectivity index (χ0) is 13.9. The Morgan fingerprint density at radius 3 is 2.50 bits per heavy atom. The van der Waals surface area contributed by atoms with Gasteiger partial charge in [-0.05, 0) is 18.2 Å². The minimum Gasteiger partial charge on any atom is -0.301 e. The van der Waals surface area contributed by atoms with Crippen molar-refractivity contribution < 1.29 is 4.79 Å². The number of para-hydroxylation sites is 1. The van der Waals surface area contributed by atoms with E-state index in [-0.39, 0.29) is 6.04 Å². The number of benzene rings is 2. The molecule has 1 aliphatic rings. The van der Waals surface area contributed by atoms with E-state index in [0.29, 0.717) is 11.4 Å². The van der Waals surface area contributed by atoms with E-state index in [0.717, 1.165) is 23.2 Å². The Balaban J connectivity index is 1.99. The van der Waals surface area contributed by atoms with E-state index in [1.807, 2.05) is 54.6 Å². The van der Waals surface area contributed by atoms with Crippen LogP contribution in [0.2, 0.25) is 5.02 Å². The van der Waals surface area contributed by atoms with Crippen molar-refractivity contribution in [2.75, 3.05) is 5.01 Å². The number of halogens is 1. The quantitative estimate of drug-likeness (QED) is 0.808. The predicted molar refractivity (Wildman–Crippen MR) is 81.4 cm³/mol. The molecular weight excluding hydrogens is 272 g/mol. The lowest BCUT2D eigenvalue weighted by atomic mass is 10.0. The maximum atomic E-state index is 11.3. The molecule has 0 aromatic heterocycles. The van der Waals surface area contributed by atoms with Crippen molar-refractivity contribution in [3.63, 3.8) is 0 Å². The SMILES string of the molecule is O=CC1CC(c2ccccc2Cl)=NN1c1ccccc1. The Morgan fingerprint density at radius 1 is 1.10 bits per heavy atom. The van der Waals surface area contributed by atoms with Gasteiger partial charge in [0.15, 0.2) is 0 Å². The van der Waals surface area contributed by atoms with E-state index in [1.165, 1.54) is 0 Å². The Hall–Kier alpha value is -2.13. The summed E-state index contributed by atoms with van der Waals surface area (Å²) in [6.45, 7) is 0. The fourth-order valence-electron chi connectivity index (χ4n) is 2.32. The number of rotatable bonds is 3. The first kappa shape index (κ1) is 12.9. The van der Waals surface area contributed by atoms with Crippen LogP contribution in [0.25, 0.3) is 0 Å². The molecule has 4 heteroatoms. The van der Waals surface area contributed by atoms with Crippen LogP contribution in [0.5, 0.6) is 0 Å². The van der Waals surface area contributed by atoms with E-state index in [4.69, 9.17) is 11.6 Å². The van der Waals surface area contributed by atoms with Crippen molar-refractivity contribution in [3.8, 4) is 0 Å². The van der Waals surface area contributed by atoms with Gasteiger partial charge < -0.3 is 4.79 Å². The van der Waals surface area contributed by atoms with Crippen LogP contribution in [-0.4, -0.2) is 18.0 Å². The fraction of sp³-hybridized carbons (Fsp3) is 0.125. The van der Waals surface area contributed by atoms with Gasteiger partial charge in [-0.3, -0.25) is 5.01 Å². The molecule has 0 aliphatic carbocycles. The summed E-state index contributed by atoms with van der Waals surface area (Å²) < 4.78 is 0. The van der Waals surface area contributed by atoms with E-state index in [2.05, 4.69) is 5.10 Å². The molecule has 0 spiro atoms. The van der Waals surface area contributed by atoms with Crippen LogP contribution in [0, 0.1) is 0 Å². The minimum absolute atomic E-state index is 0.274. The molecule has 1 aliphatic heterocycles. The van der Waals surface area contributed by atoms with Gasteiger partial charge in [-0.15, -0.1) is 0 Å². The molecule has 2 aromatic rings. The first-order valence-electron chi connectivity index (χ1n) is 6.41. The first-order valence-corrected chi connectivity index (χ1v) is 6.79. The Morgan fingerprint density at radius 2 is 1.80 bits per heavy atom. The predicted octanol–water partition coefficient (Wildman–Crippen LogP) is 3.52. The van der Waals surface area contributed by atoms with Crippen molar-refractivity contribution in [2.24, 2.45) is 5.10 Å². The summed E-state index contributed by atoms with van der Waals surface area (Å²) in [5.41, 5.74) is 2.64. The van der Waals surface area contributed by atoms with Gasteiger partial charge in [0.05, 0.1) is 11.4 Å². The van der Waals surface area contributed by atoms with E-state index in [1.54, 1.807) is 5.01 Å². The zero-order valence-electron chi connectivity index (χ0n) is 10.7. The second kappa shape index (κ2) is 5.47. The van der Waals surface area contributed by atoms with Crippen molar-refractivity contribution in [1.29, 1.82) is 0 Å². The van der Waals surface area contributed by atoms with Crippen LogP contribution < -0.4 is 5.01 Å². The highest BCUT2D eigenvalue weighted by Gasteiger charge is 2.28. The average Bonchev–Trinajstić information content (AvgIpc) is 2.92. The number of hydrogen-bond donors (Lipinski definition) is 0. The largest absolute Gasteiger partial charge is 0.301 e.